The molecule has 1 unspecified atom stereocenters. The van der Waals surface area contributed by atoms with Crippen molar-refractivity contribution in [1.29, 1.82) is 0 Å². The molecule has 1 atom stereocenters. The van der Waals surface area contributed by atoms with Crippen molar-refractivity contribution >= 4 is 51.4 Å². The average molecular weight is 496 g/mol. The van der Waals surface area contributed by atoms with E-state index in [9.17, 15) is 13.2 Å². The summed E-state index contributed by atoms with van der Waals surface area (Å²) in [4.78, 5) is 7.53. The minimum absolute atomic E-state index is 0.171. The van der Waals surface area contributed by atoms with Crippen molar-refractivity contribution in [3.05, 3.63) is 63.2 Å². The van der Waals surface area contributed by atoms with E-state index >= 15 is 0 Å². The van der Waals surface area contributed by atoms with Gasteiger partial charge in [0.15, 0.2) is 5.13 Å². The number of hydrogen-bond acceptors (Lipinski definition) is 5. The fraction of sp³-hybridized carbons (Fsp3) is 0.300. The van der Waals surface area contributed by atoms with Crippen LogP contribution >= 0.6 is 46.3 Å². The van der Waals surface area contributed by atoms with Crippen molar-refractivity contribution in [3.63, 3.8) is 0 Å². The lowest BCUT2D eigenvalue weighted by molar-refractivity contribution is -0.141. The van der Waals surface area contributed by atoms with Gasteiger partial charge in [-0.15, -0.1) is 11.3 Å². The standard InChI is InChI=1S/C9H6Cl2N2S.C9H10F3NS.C2H6/c10-6-2-1-5(3-7(6)11)8-4-14-9(12)13-8;1-6(14-2)7-3-4-8(13-5-7)9(10,11)12;1-2/h1-4H,(H2,12,13);3-6H,1-2H3;1-2H3. The van der Waals surface area contributed by atoms with Gasteiger partial charge in [0.1, 0.15) is 5.69 Å². The molecule has 0 radical (unpaired) electrons. The van der Waals surface area contributed by atoms with Crippen molar-refractivity contribution in [3.8, 4) is 11.3 Å². The number of rotatable bonds is 3. The van der Waals surface area contributed by atoms with Crippen molar-refractivity contribution in [1.82, 2.24) is 9.97 Å². The number of nitrogens with zero attached hydrogens (tertiary/aromatic N) is 2. The smallest absolute Gasteiger partial charge is 0.375 e. The highest BCUT2D eigenvalue weighted by atomic mass is 35.5. The number of alkyl halides is 3. The highest BCUT2D eigenvalue weighted by Gasteiger charge is 2.32. The second-order valence-corrected chi connectivity index (χ2v) is 8.43. The molecular weight excluding hydrogens is 474 g/mol. The van der Waals surface area contributed by atoms with Gasteiger partial charge in [0.2, 0.25) is 0 Å². The van der Waals surface area contributed by atoms with Gasteiger partial charge in [0.05, 0.1) is 15.7 Å². The SMILES string of the molecule is CC.CSC(C)c1ccc(C(F)(F)F)nc1.Nc1nc(-c2ccc(Cl)c(Cl)c2)cs1. The molecule has 0 amide bonds. The summed E-state index contributed by atoms with van der Waals surface area (Å²) in [5.41, 5.74) is 7.25. The van der Waals surface area contributed by atoms with E-state index in [2.05, 4.69) is 9.97 Å². The van der Waals surface area contributed by atoms with Crippen molar-refractivity contribution in [2.24, 2.45) is 0 Å². The van der Waals surface area contributed by atoms with E-state index < -0.39 is 11.9 Å². The number of benzene rings is 1. The Balaban J connectivity index is 0.000000277. The first-order valence-electron chi connectivity index (χ1n) is 8.84. The Morgan fingerprint density at radius 3 is 2.20 bits per heavy atom. The Labute approximate surface area is 192 Å². The predicted molar refractivity (Wildman–Crippen MR) is 124 cm³/mol. The van der Waals surface area contributed by atoms with Crippen LogP contribution in [0.3, 0.4) is 0 Å². The van der Waals surface area contributed by atoms with Crippen LogP contribution in [0.4, 0.5) is 18.3 Å². The monoisotopic (exact) mass is 495 g/mol. The normalized spacial score (nSPS) is 11.6. The molecule has 0 saturated carbocycles. The Hall–Kier alpha value is -1.48. The number of nitrogens with two attached hydrogens (primary N) is 1. The molecule has 0 aliphatic heterocycles. The highest BCUT2D eigenvalue weighted by molar-refractivity contribution is 7.98. The third-order valence-corrected chi connectivity index (χ3v) is 6.03. The molecule has 0 aliphatic rings. The Morgan fingerprint density at radius 2 is 1.77 bits per heavy atom. The van der Waals surface area contributed by atoms with E-state index in [-0.39, 0.29) is 5.25 Å². The summed E-state index contributed by atoms with van der Waals surface area (Å²) in [6.07, 6.45) is -1.16. The van der Waals surface area contributed by atoms with Gasteiger partial charge in [-0.05, 0) is 36.9 Å². The first-order valence-corrected chi connectivity index (χ1v) is 11.8. The zero-order valence-electron chi connectivity index (χ0n) is 16.8. The molecule has 0 saturated heterocycles. The van der Waals surface area contributed by atoms with E-state index in [0.717, 1.165) is 22.9 Å². The molecule has 30 heavy (non-hydrogen) atoms. The van der Waals surface area contributed by atoms with E-state index in [0.29, 0.717) is 15.2 Å². The zero-order chi connectivity index (χ0) is 22.9. The quantitative estimate of drug-likeness (QED) is 0.397. The van der Waals surface area contributed by atoms with Gasteiger partial charge < -0.3 is 5.73 Å². The van der Waals surface area contributed by atoms with Crippen molar-refractivity contribution in [2.45, 2.75) is 32.2 Å². The molecule has 3 rings (SSSR count). The summed E-state index contributed by atoms with van der Waals surface area (Å²) in [6, 6.07) is 7.87. The maximum Gasteiger partial charge on any atom is 0.433 e. The average Bonchev–Trinajstić information content (AvgIpc) is 3.17. The van der Waals surface area contributed by atoms with Gasteiger partial charge in [0, 0.05) is 22.4 Å². The molecule has 10 heteroatoms. The van der Waals surface area contributed by atoms with Gasteiger partial charge >= 0.3 is 6.18 Å². The Morgan fingerprint density at radius 1 is 1.10 bits per heavy atom. The lowest BCUT2D eigenvalue weighted by atomic mass is 10.2. The van der Waals surface area contributed by atoms with Crippen LogP contribution in [0, 0.1) is 0 Å². The second-order valence-electron chi connectivity index (χ2n) is 5.55. The fourth-order valence-corrected chi connectivity index (χ4v) is 3.31. The molecule has 0 fully saturated rings. The molecular formula is C20H22Cl2F3N3S2. The van der Waals surface area contributed by atoms with Gasteiger partial charge in [-0.1, -0.05) is 49.2 Å². The molecule has 2 heterocycles. The zero-order valence-corrected chi connectivity index (χ0v) is 19.9. The summed E-state index contributed by atoms with van der Waals surface area (Å²) < 4.78 is 36.4. The molecule has 0 spiro atoms. The van der Waals surface area contributed by atoms with Gasteiger partial charge in [-0.25, -0.2) is 4.98 Å². The Kier molecular flexibility index (Phi) is 11.0. The molecule has 3 aromatic rings. The third-order valence-electron chi connectivity index (χ3n) is 3.64. The fourth-order valence-electron chi connectivity index (χ4n) is 2.03. The van der Waals surface area contributed by atoms with E-state index in [1.54, 1.807) is 23.9 Å². The maximum atomic E-state index is 12.1. The van der Waals surface area contributed by atoms with Crippen LogP contribution < -0.4 is 5.73 Å². The maximum absolute atomic E-state index is 12.1. The highest BCUT2D eigenvalue weighted by Crippen LogP contribution is 2.31. The molecule has 164 valence electrons. The molecule has 0 bridgehead atoms. The molecule has 1 aromatic carbocycles. The summed E-state index contributed by atoms with van der Waals surface area (Å²) in [7, 11) is 0. The van der Waals surface area contributed by atoms with E-state index in [1.807, 2.05) is 38.5 Å². The first kappa shape index (κ1) is 26.6. The summed E-state index contributed by atoms with van der Waals surface area (Å²) >= 11 is 14.7. The first-order chi connectivity index (χ1) is 14.1. The predicted octanol–water partition coefficient (Wildman–Crippen LogP) is 8.25. The summed E-state index contributed by atoms with van der Waals surface area (Å²) in [5.74, 6) is 0. The Bertz CT molecular complexity index is 916. The largest absolute Gasteiger partial charge is 0.433 e. The van der Waals surface area contributed by atoms with E-state index in [1.165, 1.54) is 23.6 Å². The number of hydrogen-bond donors (Lipinski definition) is 1. The molecule has 2 aromatic heterocycles. The van der Waals surface area contributed by atoms with Crippen LogP contribution in [-0.2, 0) is 6.18 Å². The van der Waals surface area contributed by atoms with Gasteiger partial charge in [-0.3, -0.25) is 4.98 Å². The lowest BCUT2D eigenvalue weighted by Gasteiger charge is -2.09. The van der Waals surface area contributed by atoms with Crippen molar-refractivity contribution < 1.29 is 13.2 Å². The van der Waals surface area contributed by atoms with Crippen LogP contribution in [-0.4, -0.2) is 16.2 Å². The number of thioether (sulfide) groups is 1. The third kappa shape index (κ3) is 7.98. The molecule has 3 nitrogen and oxygen atoms in total. The van der Waals surface area contributed by atoms with Gasteiger partial charge in [0.25, 0.3) is 0 Å². The van der Waals surface area contributed by atoms with Gasteiger partial charge in [-0.2, -0.15) is 24.9 Å². The van der Waals surface area contributed by atoms with Crippen molar-refractivity contribution in [2.75, 3.05) is 12.0 Å². The van der Waals surface area contributed by atoms with Crippen LogP contribution in [0.1, 0.15) is 37.3 Å². The lowest BCUT2D eigenvalue weighted by Crippen LogP contribution is -2.07. The summed E-state index contributed by atoms with van der Waals surface area (Å²) in [6.45, 7) is 5.93. The minimum atomic E-state index is -4.35. The summed E-state index contributed by atoms with van der Waals surface area (Å²) in [5, 5.41) is 3.67. The topological polar surface area (TPSA) is 51.8 Å². The number of pyridine rings is 1. The number of aromatic nitrogens is 2. The van der Waals surface area contributed by atoms with Crippen LogP contribution in [0.5, 0.6) is 0 Å². The number of thiazole rings is 1. The molecule has 0 aliphatic carbocycles. The number of halogens is 5. The minimum Gasteiger partial charge on any atom is -0.375 e. The second kappa shape index (κ2) is 12.4. The van der Waals surface area contributed by atoms with Crippen LogP contribution in [0.15, 0.2) is 41.9 Å². The molecule has 2 N–H and O–H groups in total. The number of anilines is 1. The van der Waals surface area contributed by atoms with E-state index in [4.69, 9.17) is 28.9 Å². The van der Waals surface area contributed by atoms with Crippen LogP contribution in [0.2, 0.25) is 10.0 Å². The number of nitrogen functional groups attached to an aromatic ring is 1. The van der Waals surface area contributed by atoms with Crippen LogP contribution in [0.25, 0.3) is 11.3 Å².